The Labute approximate surface area is 194 Å². The van der Waals surface area contributed by atoms with Crippen molar-refractivity contribution in [2.45, 2.75) is 53.6 Å². The third kappa shape index (κ3) is 6.62. The van der Waals surface area contributed by atoms with Crippen molar-refractivity contribution in [1.82, 2.24) is 10.2 Å². The molecule has 0 bridgehead atoms. The molecule has 0 fully saturated rings. The SMILES string of the molecule is CCNC(=O)[C@@H](CC)N(Cc1ccc(Cl)cc1Cl)C(=O)COc1cc(C)cc(C)c1C. The summed E-state index contributed by atoms with van der Waals surface area (Å²) in [6.07, 6.45) is 0.464. The summed E-state index contributed by atoms with van der Waals surface area (Å²) in [4.78, 5) is 27.4. The second kappa shape index (κ2) is 11.4. The highest BCUT2D eigenvalue weighted by Gasteiger charge is 2.29. The minimum atomic E-state index is -0.636. The van der Waals surface area contributed by atoms with Crippen LogP contribution in [0.3, 0.4) is 0 Å². The molecular weight excluding hydrogens is 435 g/mol. The van der Waals surface area contributed by atoms with Crippen molar-refractivity contribution < 1.29 is 14.3 Å². The topological polar surface area (TPSA) is 58.6 Å². The van der Waals surface area contributed by atoms with E-state index in [0.717, 1.165) is 16.7 Å². The fourth-order valence-corrected chi connectivity index (χ4v) is 3.89. The molecule has 2 aromatic carbocycles. The number of nitrogens with one attached hydrogen (secondary N) is 1. The van der Waals surface area contributed by atoms with E-state index in [4.69, 9.17) is 27.9 Å². The number of rotatable bonds is 9. The molecule has 0 aliphatic heterocycles. The lowest BCUT2D eigenvalue weighted by Gasteiger charge is -2.31. The van der Waals surface area contributed by atoms with Gasteiger partial charge in [0.15, 0.2) is 6.61 Å². The Hall–Kier alpha value is -2.24. The first-order valence-corrected chi connectivity index (χ1v) is 11.1. The van der Waals surface area contributed by atoms with E-state index < -0.39 is 6.04 Å². The van der Waals surface area contributed by atoms with E-state index in [1.54, 1.807) is 18.2 Å². The molecule has 0 heterocycles. The number of hydrogen-bond acceptors (Lipinski definition) is 3. The molecule has 0 saturated heterocycles. The van der Waals surface area contributed by atoms with Crippen LogP contribution in [0.1, 0.15) is 42.5 Å². The van der Waals surface area contributed by atoms with Crippen LogP contribution in [0, 0.1) is 20.8 Å². The van der Waals surface area contributed by atoms with Gasteiger partial charge in [0, 0.05) is 23.1 Å². The van der Waals surface area contributed by atoms with Gasteiger partial charge in [0.25, 0.3) is 5.91 Å². The van der Waals surface area contributed by atoms with E-state index in [1.165, 1.54) is 4.90 Å². The zero-order valence-corrected chi connectivity index (χ0v) is 20.2. The fourth-order valence-electron chi connectivity index (χ4n) is 3.42. The van der Waals surface area contributed by atoms with E-state index in [2.05, 4.69) is 11.4 Å². The normalized spacial score (nSPS) is 11.7. The first-order valence-electron chi connectivity index (χ1n) is 10.4. The Morgan fingerprint density at radius 3 is 2.42 bits per heavy atom. The summed E-state index contributed by atoms with van der Waals surface area (Å²) in [5, 5.41) is 3.77. The van der Waals surface area contributed by atoms with Gasteiger partial charge in [-0.15, -0.1) is 0 Å². The van der Waals surface area contributed by atoms with Crippen molar-refractivity contribution in [2.24, 2.45) is 0 Å². The molecule has 0 saturated carbocycles. The number of ether oxygens (including phenoxy) is 1. The molecule has 2 amide bonds. The minimum Gasteiger partial charge on any atom is -0.483 e. The monoisotopic (exact) mass is 464 g/mol. The average Bonchev–Trinajstić information content (AvgIpc) is 2.71. The Kier molecular flexibility index (Phi) is 9.20. The molecule has 31 heavy (non-hydrogen) atoms. The molecule has 1 N–H and O–H groups in total. The van der Waals surface area contributed by atoms with Crippen LogP contribution in [-0.4, -0.2) is 35.9 Å². The van der Waals surface area contributed by atoms with Gasteiger partial charge in [-0.25, -0.2) is 0 Å². The number of aryl methyl sites for hydroxylation is 2. The number of hydrogen-bond donors (Lipinski definition) is 1. The molecule has 2 aromatic rings. The fraction of sp³-hybridized carbons (Fsp3) is 0.417. The first-order chi connectivity index (χ1) is 14.7. The van der Waals surface area contributed by atoms with Crippen molar-refractivity contribution in [3.05, 3.63) is 62.6 Å². The highest BCUT2D eigenvalue weighted by molar-refractivity contribution is 6.35. The largest absolute Gasteiger partial charge is 0.483 e. The Bertz CT molecular complexity index is 947. The van der Waals surface area contributed by atoms with Crippen LogP contribution >= 0.6 is 23.2 Å². The maximum Gasteiger partial charge on any atom is 0.261 e. The predicted molar refractivity (Wildman–Crippen MR) is 126 cm³/mol. The van der Waals surface area contributed by atoms with Crippen LogP contribution in [-0.2, 0) is 16.1 Å². The predicted octanol–water partition coefficient (Wildman–Crippen LogP) is 5.24. The van der Waals surface area contributed by atoms with Gasteiger partial charge < -0.3 is 15.0 Å². The molecule has 0 aliphatic rings. The minimum absolute atomic E-state index is 0.176. The number of carbonyl (C=O) groups is 2. The lowest BCUT2D eigenvalue weighted by molar-refractivity contribution is -0.142. The second-order valence-electron chi connectivity index (χ2n) is 7.57. The summed E-state index contributed by atoms with van der Waals surface area (Å²) in [6.45, 7) is 10.2. The van der Waals surface area contributed by atoms with Crippen LogP contribution < -0.4 is 10.1 Å². The number of halogens is 2. The lowest BCUT2D eigenvalue weighted by Crippen LogP contribution is -2.50. The van der Waals surface area contributed by atoms with Gasteiger partial charge in [0.1, 0.15) is 11.8 Å². The molecule has 0 aromatic heterocycles. The summed E-state index contributed by atoms with van der Waals surface area (Å²) < 4.78 is 5.89. The van der Waals surface area contributed by atoms with Crippen molar-refractivity contribution in [2.75, 3.05) is 13.2 Å². The average molecular weight is 465 g/mol. The van der Waals surface area contributed by atoms with Gasteiger partial charge in [-0.2, -0.15) is 0 Å². The second-order valence-corrected chi connectivity index (χ2v) is 8.41. The molecule has 1 atom stereocenters. The Morgan fingerprint density at radius 2 is 1.81 bits per heavy atom. The van der Waals surface area contributed by atoms with E-state index >= 15 is 0 Å². The van der Waals surface area contributed by atoms with Gasteiger partial charge in [0.05, 0.1) is 0 Å². The zero-order valence-electron chi connectivity index (χ0n) is 18.7. The van der Waals surface area contributed by atoms with Crippen LogP contribution in [0.5, 0.6) is 5.75 Å². The maximum atomic E-state index is 13.2. The van der Waals surface area contributed by atoms with Gasteiger partial charge in [-0.3, -0.25) is 9.59 Å². The Morgan fingerprint density at radius 1 is 1.10 bits per heavy atom. The van der Waals surface area contributed by atoms with Crippen molar-refractivity contribution in [3.63, 3.8) is 0 Å². The summed E-state index contributed by atoms with van der Waals surface area (Å²) >= 11 is 12.3. The number of carbonyl (C=O) groups excluding carboxylic acids is 2. The van der Waals surface area contributed by atoms with Gasteiger partial charge in [-0.05, 0) is 74.6 Å². The third-order valence-electron chi connectivity index (χ3n) is 5.21. The Balaban J connectivity index is 2.29. The van der Waals surface area contributed by atoms with Crippen LogP contribution in [0.2, 0.25) is 10.0 Å². The molecule has 0 unspecified atom stereocenters. The van der Waals surface area contributed by atoms with Crippen molar-refractivity contribution in [1.29, 1.82) is 0 Å². The highest BCUT2D eigenvalue weighted by atomic mass is 35.5. The quantitative estimate of drug-likeness (QED) is 0.551. The summed E-state index contributed by atoms with van der Waals surface area (Å²) in [7, 11) is 0. The van der Waals surface area contributed by atoms with Crippen molar-refractivity contribution >= 4 is 35.0 Å². The number of benzene rings is 2. The molecule has 2 rings (SSSR count). The van der Waals surface area contributed by atoms with Gasteiger partial charge in [0.2, 0.25) is 5.91 Å². The number of nitrogens with zero attached hydrogens (tertiary/aromatic N) is 1. The van der Waals surface area contributed by atoms with Gasteiger partial charge >= 0.3 is 0 Å². The molecule has 0 spiro atoms. The van der Waals surface area contributed by atoms with E-state index in [-0.39, 0.29) is 25.0 Å². The molecule has 5 nitrogen and oxygen atoms in total. The van der Waals surface area contributed by atoms with E-state index in [0.29, 0.717) is 34.3 Å². The molecular formula is C24H30Cl2N2O3. The van der Waals surface area contributed by atoms with E-state index in [1.807, 2.05) is 40.7 Å². The summed E-state index contributed by atoms with van der Waals surface area (Å²) in [6, 6.07) is 8.46. The zero-order chi connectivity index (χ0) is 23.1. The number of amides is 2. The van der Waals surface area contributed by atoms with Crippen LogP contribution in [0.25, 0.3) is 0 Å². The molecule has 0 radical (unpaired) electrons. The number of likely N-dealkylation sites (N-methyl/N-ethyl adjacent to an activating group) is 1. The summed E-state index contributed by atoms with van der Waals surface area (Å²) in [5.41, 5.74) is 3.86. The van der Waals surface area contributed by atoms with Gasteiger partial charge in [-0.1, -0.05) is 42.3 Å². The smallest absolute Gasteiger partial charge is 0.261 e. The highest BCUT2D eigenvalue weighted by Crippen LogP contribution is 2.25. The first kappa shape index (κ1) is 25.0. The van der Waals surface area contributed by atoms with Crippen LogP contribution in [0.4, 0.5) is 0 Å². The van der Waals surface area contributed by atoms with Crippen molar-refractivity contribution in [3.8, 4) is 5.75 Å². The third-order valence-corrected chi connectivity index (χ3v) is 5.79. The molecule has 168 valence electrons. The summed E-state index contributed by atoms with van der Waals surface area (Å²) in [5.74, 6) is 0.176. The maximum absolute atomic E-state index is 13.2. The lowest BCUT2D eigenvalue weighted by atomic mass is 10.1. The van der Waals surface area contributed by atoms with E-state index in [9.17, 15) is 9.59 Å². The standard InChI is InChI=1S/C24H30Cl2N2O3/c1-6-21(24(30)27-7-2)28(13-18-8-9-19(25)12-20(18)26)23(29)14-31-22-11-15(3)10-16(4)17(22)5/h8-12,21H,6-7,13-14H2,1-5H3,(H,27,30)/t21-/m1/s1. The molecule has 7 heteroatoms. The molecule has 0 aliphatic carbocycles. The van der Waals surface area contributed by atoms with Crippen LogP contribution in [0.15, 0.2) is 30.3 Å².